The molecule has 1 heterocycles. The normalized spacial score (nSPS) is 10.7. The van der Waals surface area contributed by atoms with Crippen LogP contribution < -0.4 is 10.1 Å². The van der Waals surface area contributed by atoms with E-state index in [1.807, 2.05) is 25.3 Å². The number of nitrogens with one attached hydrogen (secondary N) is 1. The van der Waals surface area contributed by atoms with E-state index in [-0.39, 0.29) is 5.82 Å². The fourth-order valence-corrected chi connectivity index (χ4v) is 2.40. The predicted octanol–water partition coefficient (Wildman–Crippen LogP) is 3.28. The number of benzene rings is 1. The molecule has 0 radical (unpaired) electrons. The average Bonchev–Trinajstić information content (AvgIpc) is 2.81. The van der Waals surface area contributed by atoms with Crippen LogP contribution in [0.5, 0.6) is 5.75 Å². The topological polar surface area (TPSA) is 34.1 Å². The van der Waals surface area contributed by atoms with Gasteiger partial charge >= 0.3 is 0 Å². The van der Waals surface area contributed by atoms with Crippen LogP contribution in [0.4, 0.5) is 4.39 Å². The second-order valence-electron chi connectivity index (χ2n) is 4.18. The SMILES string of the molecule is CCNCc1cccc(F)c1OCc1nc(C)cs1. The quantitative estimate of drug-likeness (QED) is 0.881. The van der Waals surface area contributed by atoms with Crippen LogP contribution in [0.2, 0.25) is 0 Å². The Bertz CT molecular complexity index is 542. The van der Waals surface area contributed by atoms with Gasteiger partial charge in [-0.2, -0.15) is 0 Å². The molecule has 1 N–H and O–H groups in total. The third-order valence-electron chi connectivity index (χ3n) is 2.62. The molecule has 19 heavy (non-hydrogen) atoms. The number of rotatable bonds is 6. The summed E-state index contributed by atoms with van der Waals surface area (Å²) in [5, 5.41) is 5.99. The largest absolute Gasteiger partial charge is 0.483 e. The highest BCUT2D eigenvalue weighted by Crippen LogP contribution is 2.24. The number of nitrogens with zero attached hydrogens (tertiary/aromatic N) is 1. The van der Waals surface area contributed by atoms with Crippen LogP contribution in [0, 0.1) is 12.7 Å². The number of halogens is 1. The molecule has 1 aromatic carbocycles. The number of hydrogen-bond acceptors (Lipinski definition) is 4. The van der Waals surface area contributed by atoms with Crippen LogP contribution in [0.25, 0.3) is 0 Å². The van der Waals surface area contributed by atoms with E-state index in [1.165, 1.54) is 17.4 Å². The monoisotopic (exact) mass is 280 g/mol. The van der Waals surface area contributed by atoms with Gasteiger partial charge in [-0.05, 0) is 19.5 Å². The Morgan fingerprint density at radius 1 is 1.42 bits per heavy atom. The average molecular weight is 280 g/mol. The molecule has 0 fully saturated rings. The van der Waals surface area contributed by atoms with Crippen molar-refractivity contribution in [1.82, 2.24) is 10.3 Å². The van der Waals surface area contributed by atoms with Gasteiger partial charge in [0.15, 0.2) is 11.6 Å². The van der Waals surface area contributed by atoms with E-state index >= 15 is 0 Å². The van der Waals surface area contributed by atoms with Crippen molar-refractivity contribution in [1.29, 1.82) is 0 Å². The summed E-state index contributed by atoms with van der Waals surface area (Å²) in [4.78, 5) is 4.30. The Labute approximate surface area is 116 Å². The lowest BCUT2D eigenvalue weighted by Crippen LogP contribution is -2.13. The third-order valence-corrected chi connectivity index (χ3v) is 3.56. The zero-order valence-corrected chi connectivity index (χ0v) is 11.9. The lowest BCUT2D eigenvalue weighted by molar-refractivity contribution is 0.285. The van der Waals surface area contributed by atoms with Crippen molar-refractivity contribution in [3.63, 3.8) is 0 Å². The first-order valence-electron chi connectivity index (χ1n) is 6.22. The second-order valence-corrected chi connectivity index (χ2v) is 5.12. The molecule has 0 atom stereocenters. The van der Waals surface area contributed by atoms with Crippen molar-refractivity contribution >= 4 is 11.3 Å². The molecule has 0 spiro atoms. The predicted molar refractivity (Wildman–Crippen MR) is 75.0 cm³/mol. The molecule has 2 aromatic rings. The zero-order valence-electron chi connectivity index (χ0n) is 11.1. The molecule has 0 unspecified atom stereocenters. The minimum absolute atomic E-state index is 0.304. The van der Waals surface area contributed by atoms with Gasteiger partial charge in [0.1, 0.15) is 11.6 Å². The lowest BCUT2D eigenvalue weighted by Gasteiger charge is -2.11. The van der Waals surface area contributed by atoms with Crippen molar-refractivity contribution < 1.29 is 9.13 Å². The van der Waals surface area contributed by atoms with Gasteiger partial charge in [-0.15, -0.1) is 11.3 Å². The minimum Gasteiger partial charge on any atom is -0.483 e. The van der Waals surface area contributed by atoms with Gasteiger partial charge in [0, 0.05) is 23.2 Å². The molecule has 0 aliphatic rings. The maximum atomic E-state index is 13.8. The molecule has 2 rings (SSSR count). The van der Waals surface area contributed by atoms with Gasteiger partial charge in [0.25, 0.3) is 0 Å². The molecular formula is C14H17FN2OS. The van der Waals surface area contributed by atoms with Crippen molar-refractivity contribution in [3.05, 3.63) is 45.7 Å². The second kappa shape index (κ2) is 6.63. The molecule has 0 saturated heterocycles. The first kappa shape index (κ1) is 14.0. The standard InChI is InChI=1S/C14H17FN2OS/c1-3-16-7-11-5-4-6-12(15)14(11)18-8-13-17-10(2)9-19-13/h4-6,9,16H,3,7-8H2,1-2H3. The van der Waals surface area contributed by atoms with Crippen molar-refractivity contribution in [2.75, 3.05) is 6.54 Å². The zero-order chi connectivity index (χ0) is 13.7. The molecule has 0 aliphatic heterocycles. The van der Waals surface area contributed by atoms with Crippen LogP contribution in [0.1, 0.15) is 23.2 Å². The van der Waals surface area contributed by atoms with Gasteiger partial charge in [-0.1, -0.05) is 19.1 Å². The summed E-state index contributed by atoms with van der Waals surface area (Å²) < 4.78 is 19.4. The van der Waals surface area contributed by atoms with Gasteiger partial charge in [0.05, 0.1) is 0 Å². The summed E-state index contributed by atoms with van der Waals surface area (Å²) in [7, 11) is 0. The number of hydrogen-bond donors (Lipinski definition) is 1. The Balaban J connectivity index is 2.09. The summed E-state index contributed by atoms with van der Waals surface area (Å²) in [5.41, 5.74) is 1.79. The van der Waals surface area contributed by atoms with Crippen LogP contribution in [-0.4, -0.2) is 11.5 Å². The maximum Gasteiger partial charge on any atom is 0.165 e. The van der Waals surface area contributed by atoms with E-state index in [9.17, 15) is 4.39 Å². The molecule has 0 aliphatic carbocycles. The number of thiazole rings is 1. The van der Waals surface area contributed by atoms with E-state index in [4.69, 9.17) is 4.74 Å². The number of para-hydroxylation sites is 1. The van der Waals surface area contributed by atoms with Crippen LogP contribution in [0.3, 0.4) is 0 Å². The lowest BCUT2D eigenvalue weighted by atomic mass is 10.2. The number of aryl methyl sites for hydroxylation is 1. The summed E-state index contributed by atoms with van der Waals surface area (Å²) in [6, 6.07) is 4.98. The first-order chi connectivity index (χ1) is 9.20. The molecule has 0 bridgehead atoms. The van der Waals surface area contributed by atoms with E-state index in [1.54, 1.807) is 6.07 Å². The first-order valence-corrected chi connectivity index (χ1v) is 7.10. The van der Waals surface area contributed by atoms with E-state index in [0.29, 0.717) is 18.9 Å². The van der Waals surface area contributed by atoms with Crippen molar-refractivity contribution in [2.45, 2.75) is 27.0 Å². The highest BCUT2D eigenvalue weighted by molar-refractivity contribution is 7.09. The number of ether oxygens (including phenoxy) is 1. The van der Waals surface area contributed by atoms with Gasteiger partial charge in [-0.3, -0.25) is 0 Å². The van der Waals surface area contributed by atoms with Gasteiger partial charge in [0.2, 0.25) is 0 Å². The van der Waals surface area contributed by atoms with Crippen molar-refractivity contribution in [3.8, 4) is 5.75 Å². The molecule has 0 saturated carbocycles. The highest BCUT2D eigenvalue weighted by Gasteiger charge is 2.10. The Hall–Kier alpha value is -1.46. The van der Waals surface area contributed by atoms with Crippen LogP contribution in [0.15, 0.2) is 23.6 Å². The Kier molecular flexibility index (Phi) is 4.87. The van der Waals surface area contributed by atoms with Gasteiger partial charge < -0.3 is 10.1 Å². The summed E-state index contributed by atoms with van der Waals surface area (Å²) in [6.45, 7) is 5.68. The van der Waals surface area contributed by atoms with Crippen LogP contribution in [-0.2, 0) is 13.2 Å². The van der Waals surface area contributed by atoms with E-state index < -0.39 is 0 Å². The molecule has 3 nitrogen and oxygen atoms in total. The molecular weight excluding hydrogens is 263 g/mol. The molecule has 1 aromatic heterocycles. The van der Waals surface area contributed by atoms with Crippen LogP contribution >= 0.6 is 11.3 Å². The molecule has 0 amide bonds. The van der Waals surface area contributed by atoms with E-state index in [0.717, 1.165) is 22.8 Å². The molecule has 102 valence electrons. The van der Waals surface area contributed by atoms with Gasteiger partial charge in [-0.25, -0.2) is 9.37 Å². The highest BCUT2D eigenvalue weighted by atomic mass is 32.1. The fourth-order valence-electron chi connectivity index (χ4n) is 1.72. The Morgan fingerprint density at radius 2 is 2.26 bits per heavy atom. The fraction of sp³-hybridized carbons (Fsp3) is 0.357. The number of aromatic nitrogens is 1. The Morgan fingerprint density at radius 3 is 2.95 bits per heavy atom. The summed E-state index contributed by atoms with van der Waals surface area (Å²) in [5.74, 6) is -0.0139. The maximum absolute atomic E-state index is 13.8. The van der Waals surface area contributed by atoms with E-state index in [2.05, 4.69) is 10.3 Å². The molecule has 5 heteroatoms. The summed E-state index contributed by atoms with van der Waals surface area (Å²) in [6.07, 6.45) is 0. The minimum atomic E-state index is -0.330. The smallest absolute Gasteiger partial charge is 0.165 e. The summed E-state index contributed by atoms with van der Waals surface area (Å²) >= 11 is 1.52. The van der Waals surface area contributed by atoms with Crippen molar-refractivity contribution in [2.24, 2.45) is 0 Å². The third kappa shape index (κ3) is 3.75.